The number of primary amides is 1. The SMILES string of the molecule is COOC(=O)C[C@@H]1NC(=O)[C@@H](CC(C)C)NC(=O)[C@@H]2CCCN2C(=O)[C@@H]2CSCc3cc(cc(c3)OCCCCCCO/N=C/C(=O)N[C@@H](C)C(=O)N2)CSC[C@@H](C(N)=O)NC(=O)[C@H](CO)NC(=O)[C@@H]2CCCN2C(=O)C(C(C)C)NC1=O. The number of oxime groups is 1. The first-order chi connectivity index (χ1) is 39.6. The Hall–Kier alpha value is -6.72. The molecule has 10 amide bonds. The highest BCUT2D eigenvalue weighted by molar-refractivity contribution is 7.98. The van der Waals surface area contributed by atoms with Crippen LogP contribution in [0.25, 0.3) is 0 Å². The number of carbonyl (C=O) groups excluding carboxylic acids is 11. The van der Waals surface area contributed by atoms with E-state index >= 15 is 0 Å². The van der Waals surface area contributed by atoms with Crippen molar-refractivity contribution in [2.24, 2.45) is 22.7 Å². The summed E-state index contributed by atoms with van der Waals surface area (Å²) >= 11 is 2.55. The Kier molecular flexibility index (Phi) is 27.1. The summed E-state index contributed by atoms with van der Waals surface area (Å²) in [5.41, 5.74) is 7.30. The van der Waals surface area contributed by atoms with Crippen LogP contribution in [0.1, 0.15) is 110 Å². The van der Waals surface area contributed by atoms with Crippen LogP contribution in [0.15, 0.2) is 23.4 Å². The number of thioether (sulfide) groups is 2. The van der Waals surface area contributed by atoms with Gasteiger partial charge in [-0.1, -0.05) is 38.9 Å². The summed E-state index contributed by atoms with van der Waals surface area (Å²) in [5, 5.41) is 32.3. The number of carbonyl (C=O) groups is 11. The molecule has 4 aliphatic rings. The molecule has 27 nitrogen and oxygen atoms in total. The molecular weight excluding hydrogens is 1120 g/mol. The number of nitrogens with zero attached hydrogens (tertiary/aromatic N) is 3. The first kappa shape index (κ1) is 67.1. The fourth-order valence-corrected chi connectivity index (χ4v) is 11.7. The molecule has 2 fully saturated rings. The van der Waals surface area contributed by atoms with Gasteiger partial charge in [-0.3, -0.25) is 52.8 Å². The molecule has 1 aromatic carbocycles. The number of benzene rings is 1. The molecule has 0 aliphatic carbocycles. The first-order valence-electron chi connectivity index (χ1n) is 28.0. The Morgan fingerprint density at radius 2 is 1.28 bits per heavy atom. The topological polar surface area (TPSA) is 374 Å². The number of hydrogen-bond donors (Lipinski definition) is 9. The van der Waals surface area contributed by atoms with E-state index in [1.807, 2.05) is 18.2 Å². The lowest BCUT2D eigenvalue weighted by molar-refractivity contribution is -0.255. The standard InChI is InChI=1S/C54H81N11O16S2/c1-30(2)19-36-48(71)58-37(23-44(68)81-78-6)49(72)63-45(31(3)4)54(77)65-16-12-14-42(65)52(75)60-38(25-66)50(73)61-39(46(55)69)28-82-26-33-20-34-22-35(21-33)79-17-9-7-8-10-18-80-56-24-43(67)57-32(5)47(70)62-40(29-83-27-34)53(76)64-15-11-13-41(64)51(74)59-36/h20-22,24,30-32,36-42,45,66H,7-19,23,25-29H2,1-6H3,(H2,55,69)(H,57,67)(H,58,71)(H,59,74)(H,60,75)(H,61,73)(H,62,70)(H,63,72)/b56-24+/t32-,36+,37-,38-,39-,40-,41-,42-,45?/m0/s1. The van der Waals surface area contributed by atoms with Crippen LogP contribution in [-0.2, 0) is 78.9 Å². The Bertz CT molecular complexity index is 2510. The third kappa shape index (κ3) is 20.8. The molecule has 0 saturated carbocycles. The highest BCUT2D eigenvalue weighted by atomic mass is 32.2. The second-order valence-electron chi connectivity index (χ2n) is 21.5. The van der Waals surface area contributed by atoms with E-state index < -0.39 is 138 Å². The van der Waals surface area contributed by atoms with Crippen LogP contribution in [0, 0.1) is 11.8 Å². The van der Waals surface area contributed by atoms with Crippen molar-refractivity contribution >= 4 is 94.8 Å². The van der Waals surface area contributed by atoms with Crippen LogP contribution in [0.4, 0.5) is 0 Å². The zero-order chi connectivity index (χ0) is 60.8. The minimum Gasteiger partial charge on any atom is -0.494 e. The van der Waals surface area contributed by atoms with Gasteiger partial charge in [-0.2, -0.15) is 28.4 Å². The third-order valence-electron chi connectivity index (χ3n) is 14.0. The monoisotopic (exact) mass is 1200 g/mol. The molecule has 0 spiro atoms. The number of aliphatic hydroxyl groups is 1. The molecule has 10 N–H and O–H groups in total. The predicted molar refractivity (Wildman–Crippen MR) is 304 cm³/mol. The smallest absolute Gasteiger partial charge is 0.344 e. The maximum atomic E-state index is 14.8. The van der Waals surface area contributed by atoms with Crippen molar-refractivity contribution in [3.8, 4) is 5.75 Å². The van der Waals surface area contributed by atoms with E-state index in [1.165, 1.54) is 40.2 Å². The molecule has 0 radical (unpaired) electrons. The van der Waals surface area contributed by atoms with E-state index in [1.54, 1.807) is 27.7 Å². The largest absolute Gasteiger partial charge is 0.494 e. The van der Waals surface area contributed by atoms with Crippen molar-refractivity contribution < 1.29 is 77.2 Å². The summed E-state index contributed by atoms with van der Waals surface area (Å²) in [7, 11) is 1.05. The van der Waals surface area contributed by atoms with Gasteiger partial charge < -0.3 is 67.4 Å². The number of nitrogens with one attached hydrogen (secondary N) is 7. The minimum absolute atomic E-state index is 0.0214. The van der Waals surface area contributed by atoms with Gasteiger partial charge in [-0.25, -0.2) is 4.79 Å². The van der Waals surface area contributed by atoms with Gasteiger partial charge in [0.25, 0.3) is 5.91 Å². The quantitative estimate of drug-likeness (QED) is 0.114. The molecule has 9 atom stereocenters. The van der Waals surface area contributed by atoms with Crippen molar-refractivity contribution in [2.45, 2.75) is 165 Å². The van der Waals surface area contributed by atoms with Crippen LogP contribution in [-0.4, -0.2) is 192 Å². The Morgan fingerprint density at radius 3 is 1.88 bits per heavy atom. The summed E-state index contributed by atoms with van der Waals surface area (Å²) < 4.78 is 6.23. The maximum Gasteiger partial charge on any atom is 0.344 e. The Balaban J connectivity index is 1.54. The molecule has 460 valence electrons. The van der Waals surface area contributed by atoms with Crippen molar-refractivity contribution in [1.82, 2.24) is 47.0 Å². The Labute approximate surface area is 491 Å². The molecule has 4 aliphatic heterocycles. The van der Waals surface area contributed by atoms with Crippen LogP contribution in [0.3, 0.4) is 0 Å². The predicted octanol–water partition coefficient (Wildman–Crippen LogP) is -0.808. The molecule has 1 aromatic rings. The van der Waals surface area contributed by atoms with Gasteiger partial charge in [0, 0.05) is 36.1 Å². The van der Waals surface area contributed by atoms with Gasteiger partial charge in [0.15, 0.2) is 0 Å². The number of rotatable bonds is 8. The van der Waals surface area contributed by atoms with Crippen LogP contribution in [0.2, 0.25) is 0 Å². The number of amides is 10. The van der Waals surface area contributed by atoms with Gasteiger partial charge in [0.2, 0.25) is 53.2 Å². The molecule has 0 aromatic heterocycles. The number of nitrogens with two attached hydrogens (primary N) is 1. The summed E-state index contributed by atoms with van der Waals surface area (Å²) in [6.45, 7) is 8.11. The molecule has 29 heteroatoms. The number of hydrogen-bond acceptors (Lipinski definition) is 19. The fraction of sp³-hybridized carbons (Fsp3) is 0.667. The van der Waals surface area contributed by atoms with Crippen LogP contribution < -0.4 is 47.7 Å². The number of aliphatic hydroxyl groups excluding tert-OH is 1. The summed E-state index contributed by atoms with van der Waals surface area (Å²) in [6.07, 6.45) is 4.10. The average molecular weight is 1200 g/mol. The summed E-state index contributed by atoms with van der Waals surface area (Å²) in [6, 6.07) is -6.38. The molecule has 5 rings (SSSR count). The highest BCUT2D eigenvalue weighted by Gasteiger charge is 2.43. The fourth-order valence-electron chi connectivity index (χ4n) is 9.73. The van der Waals surface area contributed by atoms with E-state index in [2.05, 4.69) is 52.1 Å². The van der Waals surface area contributed by atoms with E-state index in [-0.39, 0.29) is 62.1 Å². The van der Waals surface area contributed by atoms with Crippen molar-refractivity contribution in [2.75, 3.05) is 51.5 Å². The molecule has 1 unspecified atom stereocenters. The van der Waals surface area contributed by atoms with Crippen LogP contribution >= 0.6 is 23.5 Å². The lowest BCUT2D eigenvalue weighted by Crippen LogP contribution is -2.61. The normalized spacial score (nSPS) is 27.4. The zero-order valence-electron chi connectivity index (χ0n) is 47.9. The maximum absolute atomic E-state index is 14.8. The summed E-state index contributed by atoms with van der Waals surface area (Å²) in [4.78, 5) is 169. The van der Waals surface area contributed by atoms with E-state index in [9.17, 15) is 57.8 Å². The molecule has 4 bridgehead atoms. The van der Waals surface area contributed by atoms with Crippen molar-refractivity contribution in [3.05, 3.63) is 29.3 Å². The second-order valence-corrected chi connectivity index (χ2v) is 23.6. The van der Waals surface area contributed by atoms with Gasteiger partial charge in [-0.05, 0) is 99.8 Å². The minimum atomic E-state index is -1.72. The Morgan fingerprint density at radius 1 is 0.699 bits per heavy atom. The summed E-state index contributed by atoms with van der Waals surface area (Å²) in [5.74, 6) is -8.90. The van der Waals surface area contributed by atoms with Gasteiger partial charge in [0.1, 0.15) is 72.9 Å². The first-order valence-corrected chi connectivity index (χ1v) is 30.3. The second kappa shape index (κ2) is 33.5. The number of fused-ring (bicyclic) bond motifs is 7. The van der Waals surface area contributed by atoms with Crippen molar-refractivity contribution in [3.63, 3.8) is 0 Å². The van der Waals surface area contributed by atoms with Gasteiger partial charge in [0.05, 0.1) is 26.7 Å². The third-order valence-corrected chi connectivity index (χ3v) is 16.3. The van der Waals surface area contributed by atoms with Crippen LogP contribution in [0.5, 0.6) is 5.75 Å². The van der Waals surface area contributed by atoms with E-state index in [0.29, 0.717) is 43.8 Å². The molecule has 83 heavy (non-hydrogen) atoms. The highest BCUT2D eigenvalue weighted by Crippen LogP contribution is 2.27. The molecule has 4 heterocycles. The van der Waals surface area contributed by atoms with Gasteiger partial charge >= 0.3 is 5.97 Å². The average Bonchev–Trinajstić information content (AvgIpc) is 4.28. The van der Waals surface area contributed by atoms with Crippen molar-refractivity contribution in [1.29, 1.82) is 0 Å². The molecular formula is C54H81N11O16S2. The van der Waals surface area contributed by atoms with E-state index in [4.69, 9.17) is 15.3 Å². The van der Waals surface area contributed by atoms with Gasteiger partial charge in [-0.15, -0.1) is 0 Å². The zero-order valence-corrected chi connectivity index (χ0v) is 49.5. The van der Waals surface area contributed by atoms with E-state index in [0.717, 1.165) is 37.3 Å². The lowest BCUT2D eigenvalue weighted by Gasteiger charge is -2.32. The lowest BCUT2D eigenvalue weighted by atomic mass is 10.00. The molecule has 2 saturated heterocycles. The number of ether oxygens (including phenoxy) is 1.